The Labute approximate surface area is 137 Å². The predicted octanol–water partition coefficient (Wildman–Crippen LogP) is 2.18. The summed E-state index contributed by atoms with van der Waals surface area (Å²) in [6.07, 6.45) is 11.8. The SMILES string of the molecule is Cn1c(Cn2cccn2)nnc1C1CCN(C2CCCC2)CC1. The van der Waals surface area contributed by atoms with Crippen molar-refractivity contribution < 1.29 is 0 Å². The van der Waals surface area contributed by atoms with Crippen LogP contribution in [-0.2, 0) is 13.6 Å². The van der Waals surface area contributed by atoms with Crippen LogP contribution in [0.4, 0.5) is 0 Å². The van der Waals surface area contributed by atoms with E-state index < -0.39 is 0 Å². The second-order valence-electron chi connectivity index (χ2n) is 6.99. The summed E-state index contributed by atoms with van der Waals surface area (Å²) in [6.45, 7) is 3.13. The van der Waals surface area contributed by atoms with Crippen molar-refractivity contribution in [3.8, 4) is 0 Å². The summed E-state index contributed by atoms with van der Waals surface area (Å²) < 4.78 is 4.08. The number of hydrogen-bond donors (Lipinski definition) is 0. The molecule has 2 aliphatic rings. The highest BCUT2D eigenvalue weighted by Gasteiger charge is 2.29. The number of piperidine rings is 1. The maximum atomic E-state index is 4.50. The molecule has 1 aliphatic carbocycles. The second kappa shape index (κ2) is 6.43. The van der Waals surface area contributed by atoms with Gasteiger partial charge in [-0.2, -0.15) is 5.10 Å². The van der Waals surface area contributed by atoms with Gasteiger partial charge in [0.1, 0.15) is 12.4 Å². The number of hydrogen-bond acceptors (Lipinski definition) is 4. The largest absolute Gasteiger partial charge is 0.316 e. The lowest BCUT2D eigenvalue weighted by atomic mass is 9.94. The summed E-state index contributed by atoms with van der Waals surface area (Å²) in [6, 6.07) is 2.79. The van der Waals surface area contributed by atoms with Gasteiger partial charge in [0, 0.05) is 31.4 Å². The van der Waals surface area contributed by atoms with E-state index in [1.807, 2.05) is 16.9 Å². The molecule has 124 valence electrons. The monoisotopic (exact) mass is 314 g/mol. The van der Waals surface area contributed by atoms with Crippen molar-refractivity contribution in [2.45, 2.75) is 57.0 Å². The molecular weight excluding hydrogens is 288 g/mol. The minimum atomic E-state index is 0.552. The highest BCUT2D eigenvalue weighted by Crippen LogP contribution is 2.31. The molecule has 0 spiro atoms. The zero-order valence-corrected chi connectivity index (χ0v) is 13.9. The molecule has 1 aliphatic heterocycles. The van der Waals surface area contributed by atoms with Crippen LogP contribution in [0.1, 0.15) is 56.1 Å². The number of rotatable bonds is 4. The normalized spacial score (nSPS) is 21.3. The number of nitrogens with zero attached hydrogens (tertiary/aromatic N) is 6. The smallest absolute Gasteiger partial charge is 0.154 e. The Hall–Kier alpha value is -1.69. The lowest BCUT2D eigenvalue weighted by Crippen LogP contribution is -2.39. The van der Waals surface area contributed by atoms with Crippen LogP contribution in [0.5, 0.6) is 0 Å². The predicted molar refractivity (Wildman–Crippen MR) is 88.1 cm³/mol. The minimum Gasteiger partial charge on any atom is -0.316 e. The van der Waals surface area contributed by atoms with Gasteiger partial charge in [0.25, 0.3) is 0 Å². The van der Waals surface area contributed by atoms with Gasteiger partial charge in [-0.1, -0.05) is 12.8 Å². The van der Waals surface area contributed by atoms with E-state index in [0.29, 0.717) is 12.5 Å². The highest BCUT2D eigenvalue weighted by molar-refractivity contribution is 5.04. The third-order valence-electron chi connectivity index (χ3n) is 5.60. The van der Waals surface area contributed by atoms with E-state index in [9.17, 15) is 0 Å². The van der Waals surface area contributed by atoms with Crippen molar-refractivity contribution in [3.05, 3.63) is 30.1 Å². The molecule has 0 aromatic carbocycles. The van der Waals surface area contributed by atoms with Crippen molar-refractivity contribution in [2.75, 3.05) is 13.1 Å². The van der Waals surface area contributed by atoms with Crippen LogP contribution in [0, 0.1) is 0 Å². The fourth-order valence-corrected chi connectivity index (χ4v) is 4.20. The fraction of sp³-hybridized carbons (Fsp3) is 0.706. The van der Waals surface area contributed by atoms with Crippen LogP contribution in [0.3, 0.4) is 0 Å². The van der Waals surface area contributed by atoms with Crippen molar-refractivity contribution >= 4 is 0 Å². The van der Waals surface area contributed by atoms with Gasteiger partial charge in [-0.15, -0.1) is 10.2 Å². The molecule has 1 saturated carbocycles. The summed E-state index contributed by atoms with van der Waals surface area (Å²) in [4.78, 5) is 2.71. The van der Waals surface area contributed by atoms with Gasteiger partial charge in [0.2, 0.25) is 0 Å². The van der Waals surface area contributed by atoms with Crippen LogP contribution in [-0.4, -0.2) is 48.6 Å². The van der Waals surface area contributed by atoms with Crippen LogP contribution in [0.2, 0.25) is 0 Å². The van der Waals surface area contributed by atoms with Crippen LogP contribution in [0.15, 0.2) is 18.5 Å². The minimum absolute atomic E-state index is 0.552. The van der Waals surface area contributed by atoms with Crippen molar-refractivity contribution in [2.24, 2.45) is 7.05 Å². The summed E-state index contributed by atoms with van der Waals surface area (Å²) >= 11 is 0. The van der Waals surface area contributed by atoms with Gasteiger partial charge >= 0.3 is 0 Å². The second-order valence-corrected chi connectivity index (χ2v) is 6.99. The Kier molecular flexibility index (Phi) is 4.16. The molecular formula is C17H26N6. The van der Waals surface area contributed by atoms with Gasteiger partial charge in [-0.25, -0.2) is 0 Å². The molecule has 6 heteroatoms. The van der Waals surface area contributed by atoms with Gasteiger partial charge < -0.3 is 9.47 Å². The van der Waals surface area contributed by atoms with Crippen LogP contribution in [0.25, 0.3) is 0 Å². The lowest BCUT2D eigenvalue weighted by molar-refractivity contribution is 0.151. The maximum absolute atomic E-state index is 4.50. The third-order valence-corrected chi connectivity index (χ3v) is 5.60. The van der Waals surface area contributed by atoms with Gasteiger partial charge in [-0.05, 0) is 44.8 Å². The van der Waals surface area contributed by atoms with Crippen molar-refractivity contribution in [1.82, 2.24) is 29.4 Å². The Morgan fingerprint density at radius 1 is 1.09 bits per heavy atom. The molecule has 2 fully saturated rings. The summed E-state index contributed by atoms with van der Waals surface area (Å²) in [7, 11) is 2.09. The van der Waals surface area contributed by atoms with E-state index in [1.165, 1.54) is 51.6 Å². The highest BCUT2D eigenvalue weighted by atomic mass is 15.3. The molecule has 23 heavy (non-hydrogen) atoms. The Balaban J connectivity index is 1.40. The van der Waals surface area contributed by atoms with Gasteiger partial charge in [0.15, 0.2) is 5.82 Å². The third kappa shape index (κ3) is 3.04. The molecule has 3 heterocycles. The quantitative estimate of drug-likeness (QED) is 0.868. The van der Waals surface area contributed by atoms with Crippen molar-refractivity contribution in [3.63, 3.8) is 0 Å². The topological polar surface area (TPSA) is 51.8 Å². The summed E-state index contributed by atoms with van der Waals surface area (Å²) in [5.41, 5.74) is 0. The molecule has 6 nitrogen and oxygen atoms in total. The Morgan fingerprint density at radius 3 is 2.57 bits per heavy atom. The Bertz CT molecular complexity index is 618. The molecule has 1 saturated heterocycles. The van der Waals surface area contributed by atoms with Crippen LogP contribution < -0.4 is 0 Å². The first-order valence-electron chi connectivity index (χ1n) is 8.91. The zero-order valence-electron chi connectivity index (χ0n) is 13.9. The molecule has 0 bridgehead atoms. The first-order chi connectivity index (χ1) is 11.3. The molecule has 2 aromatic heterocycles. The van der Waals surface area contributed by atoms with E-state index in [-0.39, 0.29) is 0 Å². The first kappa shape index (κ1) is 14.9. The number of aromatic nitrogens is 5. The maximum Gasteiger partial charge on any atom is 0.154 e. The van der Waals surface area contributed by atoms with Crippen LogP contribution >= 0.6 is 0 Å². The molecule has 4 rings (SSSR count). The van der Waals surface area contributed by atoms with Gasteiger partial charge in [0.05, 0.1) is 0 Å². The molecule has 0 unspecified atom stereocenters. The van der Waals surface area contributed by atoms with E-state index in [2.05, 4.69) is 31.8 Å². The van der Waals surface area contributed by atoms with E-state index in [1.54, 1.807) is 6.20 Å². The molecule has 0 amide bonds. The average molecular weight is 314 g/mol. The van der Waals surface area contributed by atoms with E-state index in [4.69, 9.17) is 0 Å². The first-order valence-corrected chi connectivity index (χ1v) is 8.91. The van der Waals surface area contributed by atoms with Gasteiger partial charge in [-0.3, -0.25) is 4.68 Å². The number of likely N-dealkylation sites (tertiary alicyclic amines) is 1. The Morgan fingerprint density at radius 2 is 1.87 bits per heavy atom. The van der Waals surface area contributed by atoms with E-state index >= 15 is 0 Å². The fourth-order valence-electron chi connectivity index (χ4n) is 4.20. The standard InChI is InChI=1S/C17H26N6/c1-21-16(13-23-10-4-9-18-23)19-20-17(21)14-7-11-22(12-8-14)15-5-2-3-6-15/h4,9-10,14-15H,2-3,5-8,11-13H2,1H3. The average Bonchev–Trinajstić information content (AvgIpc) is 3.32. The molecule has 0 atom stereocenters. The summed E-state index contributed by atoms with van der Waals surface area (Å²) in [5, 5.41) is 13.2. The van der Waals surface area contributed by atoms with Crippen molar-refractivity contribution in [1.29, 1.82) is 0 Å². The lowest BCUT2D eigenvalue weighted by Gasteiger charge is -2.35. The molecule has 0 radical (unpaired) electrons. The molecule has 2 aromatic rings. The molecule has 0 N–H and O–H groups in total. The summed E-state index contributed by atoms with van der Waals surface area (Å²) in [5.74, 6) is 2.69. The van der Waals surface area contributed by atoms with E-state index in [0.717, 1.165) is 17.7 Å². The zero-order chi connectivity index (χ0) is 15.6.